The summed E-state index contributed by atoms with van der Waals surface area (Å²) < 4.78 is 5.39. The average Bonchev–Trinajstić information content (AvgIpc) is 3.09. The van der Waals surface area contributed by atoms with E-state index in [-0.39, 0.29) is 11.5 Å². The zero-order chi connectivity index (χ0) is 14.2. The third-order valence-electron chi connectivity index (χ3n) is 3.99. The monoisotopic (exact) mass is 271 g/mol. The van der Waals surface area contributed by atoms with Gasteiger partial charge >= 0.3 is 0 Å². The van der Waals surface area contributed by atoms with Crippen LogP contribution in [0, 0.1) is 5.92 Å². The van der Waals surface area contributed by atoms with Gasteiger partial charge in [0.1, 0.15) is 0 Å². The van der Waals surface area contributed by atoms with Gasteiger partial charge in [0.15, 0.2) is 5.82 Å². The third kappa shape index (κ3) is 2.36. The van der Waals surface area contributed by atoms with Gasteiger partial charge in [-0.3, -0.25) is 0 Å². The Morgan fingerprint density at radius 1 is 1.25 bits per heavy atom. The molecule has 4 nitrogen and oxygen atoms in total. The van der Waals surface area contributed by atoms with E-state index in [1.165, 1.54) is 5.56 Å². The quantitative estimate of drug-likeness (QED) is 0.907. The normalized spacial score (nSPS) is 18.2. The van der Waals surface area contributed by atoms with Crippen LogP contribution in [0.25, 0.3) is 0 Å². The van der Waals surface area contributed by atoms with Gasteiger partial charge in [0.25, 0.3) is 0 Å². The highest BCUT2D eigenvalue weighted by Crippen LogP contribution is 2.52. The van der Waals surface area contributed by atoms with Crippen LogP contribution in [0.5, 0.6) is 0 Å². The fourth-order valence-corrected chi connectivity index (χ4v) is 2.71. The molecule has 4 heteroatoms. The van der Waals surface area contributed by atoms with Gasteiger partial charge in [0, 0.05) is 0 Å². The maximum atomic E-state index is 6.12. The first-order valence-corrected chi connectivity index (χ1v) is 7.27. The number of nitrogens with zero attached hydrogens (tertiary/aromatic N) is 2. The van der Waals surface area contributed by atoms with Crippen LogP contribution in [0.15, 0.2) is 34.9 Å². The number of nitrogens with two attached hydrogens (primary N) is 1. The van der Waals surface area contributed by atoms with Crippen LogP contribution < -0.4 is 5.73 Å². The van der Waals surface area contributed by atoms with E-state index in [1.54, 1.807) is 0 Å². The second-order valence-electron chi connectivity index (χ2n) is 6.14. The Labute approximate surface area is 119 Å². The van der Waals surface area contributed by atoms with Crippen molar-refractivity contribution in [2.45, 2.75) is 44.6 Å². The molecule has 0 saturated heterocycles. The molecule has 1 atom stereocenters. The van der Waals surface area contributed by atoms with E-state index in [2.05, 4.69) is 48.3 Å². The second-order valence-corrected chi connectivity index (χ2v) is 6.14. The highest BCUT2D eigenvalue weighted by molar-refractivity contribution is 5.38. The fourth-order valence-electron chi connectivity index (χ4n) is 2.71. The van der Waals surface area contributed by atoms with E-state index in [4.69, 9.17) is 10.3 Å². The average molecular weight is 271 g/mol. The van der Waals surface area contributed by atoms with Crippen LogP contribution in [0.4, 0.5) is 0 Å². The van der Waals surface area contributed by atoms with Gasteiger partial charge in [0.2, 0.25) is 5.89 Å². The summed E-state index contributed by atoms with van der Waals surface area (Å²) in [6, 6.07) is 10.2. The molecule has 2 aromatic rings. The minimum absolute atomic E-state index is 0.0411. The maximum Gasteiger partial charge on any atom is 0.243 e. The van der Waals surface area contributed by atoms with Gasteiger partial charge in [-0.2, -0.15) is 4.98 Å². The Morgan fingerprint density at radius 3 is 2.55 bits per heavy atom. The van der Waals surface area contributed by atoms with E-state index in [1.807, 2.05) is 6.07 Å². The predicted molar refractivity (Wildman–Crippen MR) is 77.1 cm³/mol. The fraction of sp³-hybridized carbons (Fsp3) is 0.500. The van der Waals surface area contributed by atoms with Crippen LogP contribution >= 0.6 is 0 Å². The van der Waals surface area contributed by atoms with Gasteiger partial charge in [-0.15, -0.1) is 0 Å². The van der Waals surface area contributed by atoms with E-state index < -0.39 is 0 Å². The Morgan fingerprint density at radius 2 is 1.95 bits per heavy atom. The largest absolute Gasteiger partial charge is 0.338 e. The van der Waals surface area contributed by atoms with Crippen LogP contribution in [-0.2, 0) is 5.41 Å². The first-order valence-electron chi connectivity index (χ1n) is 7.27. The molecule has 1 aromatic heterocycles. The SMILES string of the molecule is CC(C)CC(N)c1nc(C2(c3ccccc3)CC2)no1. The van der Waals surface area contributed by atoms with Gasteiger partial charge in [0.05, 0.1) is 11.5 Å². The van der Waals surface area contributed by atoms with Crippen molar-refractivity contribution in [3.8, 4) is 0 Å². The molecule has 1 aliphatic rings. The molecule has 1 saturated carbocycles. The Kier molecular flexibility index (Phi) is 3.34. The summed E-state index contributed by atoms with van der Waals surface area (Å²) >= 11 is 0. The van der Waals surface area contributed by atoms with E-state index in [0.29, 0.717) is 11.8 Å². The lowest BCUT2D eigenvalue weighted by Crippen LogP contribution is -2.15. The van der Waals surface area contributed by atoms with Crippen molar-refractivity contribution < 1.29 is 4.52 Å². The molecule has 1 unspecified atom stereocenters. The number of hydrogen-bond donors (Lipinski definition) is 1. The summed E-state index contributed by atoms with van der Waals surface area (Å²) in [7, 11) is 0. The summed E-state index contributed by atoms with van der Waals surface area (Å²) in [5, 5.41) is 4.19. The molecule has 1 fully saturated rings. The molecule has 1 heterocycles. The van der Waals surface area contributed by atoms with Crippen molar-refractivity contribution in [3.63, 3.8) is 0 Å². The van der Waals surface area contributed by atoms with Crippen molar-refractivity contribution in [1.29, 1.82) is 0 Å². The number of rotatable bonds is 5. The summed E-state index contributed by atoms with van der Waals surface area (Å²) in [6.45, 7) is 4.28. The van der Waals surface area contributed by atoms with Crippen molar-refractivity contribution >= 4 is 0 Å². The molecule has 0 spiro atoms. The molecule has 3 rings (SSSR count). The van der Waals surface area contributed by atoms with Crippen LogP contribution in [-0.4, -0.2) is 10.1 Å². The van der Waals surface area contributed by atoms with Crippen LogP contribution in [0.1, 0.15) is 56.4 Å². The van der Waals surface area contributed by atoms with Gasteiger partial charge in [-0.05, 0) is 30.7 Å². The minimum atomic E-state index is -0.164. The molecule has 1 aromatic carbocycles. The minimum Gasteiger partial charge on any atom is -0.338 e. The van der Waals surface area contributed by atoms with Crippen molar-refractivity contribution in [2.24, 2.45) is 11.7 Å². The molecule has 0 amide bonds. The van der Waals surface area contributed by atoms with Gasteiger partial charge in [-0.25, -0.2) is 0 Å². The molecule has 106 valence electrons. The topological polar surface area (TPSA) is 64.9 Å². The molecule has 0 radical (unpaired) electrons. The standard InChI is InChI=1S/C16H21N3O/c1-11(2)10-13(17)14-18-15(19-20-14)16(8-9-16)12-6-4-3-5-7-12/h3-7,11,13H,8-10,17H2,1-2H3. The predicted octanol–water partition coefficient (Wildman–Crippen LogP) is 3.20. The third-order valence-corrected chi connectivity index (χ3v) is 3.99. The molecule has 1 aliphatic carbocycles. The lowest BCUT2D eigenvalue weighted by molar-refractivity contribution is 0.331. The molecular formula is C16H21N3O. The van der Waals surface area contributed by atoms with E-state index in [0.717, 1.165) is 25.1 Å². The molecule has 2 N–H and O–H groups in total. The summed E-state index contributed by atoms with van der Waals surface area (Å²) in [5.74, 6) is 1.87. The second kappa shape index (κ2) is 5.02. The van der Waals surface area contributed by atoms with Crippen molar-refractivity contribution in [3.05, 3.63) is 47.6 Å². The first kappa shape index (κ1) is 13.3. The van der Waals surface area contributed by atoms with Gasteiger partial charge < -0.3 is 10.3 Å². The van der Waals surface area contributed by atoms with Crippen LogP contribution in [0.3, 0.4) is 0 Å². The van der Waals surface area contributed by atoms with Crippen LogP contribution in [0.2, 0.25) is 0 Å². The highest BCUT2D eigenvalue weighted by Gasteiger charge is 2.50. The summed E-state index contributed by atoms with van der Waals surface area (Å²) in [6.07, 6.45) is 3.02. The van der Waals surface area contributed by atoms with Gasteiger partial charge in [-0.1, -0.05) is 49.3 Å². The molecule has 20 heavy (non-hydrogen) atoms. The molecule has 0 bridgehead atoms. The zero-order valence-electron chi connectivity index (χ0n) is 12.0. The lowest BCUT2D eigenvalue weighted by atomic mass is 9.95. The molecule has 0 aliphatic heterocycles. The van der Waals surface area contributed by atoms with E-state index in [9.17, 15) is 0 Å². The highest BCUT2D eigenvalue weighted by atomic mass is 16.5. The number of hydrogen-bond acceptors (Lipinski definition) is 4. The summed E-state index contributed by atoms with van der Waals surface area (Å²) in [5.41, 5.74) is 7.34. The first-order chi connectivity index (χ1) is 9.62. The Hall–Kier alpha value is -1.68. The lowest BCUT2D eigenvalue weighted by Gasteiger charge is -2.11. The van der Waals surface area contributed by atoms with E-state index >= 15 is 0 Å². The number of aromatic nitrogens is 2. The smallest absolute Gasteiger partial charge is 0.243 e. The zero-order valence-corrected chi connectivity index (χ0v) is 12.0. The van der Waals surface area contributed by atoms with Crippen molar-refractivity contribution in [1.82, 2.24) is 10.1 Å². The number of benzene rings is 1. The van der Waals surface area contributed by atoms with Crippen molar-refractivity contribution in [2.75, 3.05) is 0 Å². The Balaban J connectivity index is 1.84. The maximum absolute atomic E-state index is 6.12. The molecular weight excluding hydrogens is 250 g/mol. The Bertz CT molecular complexity index is 572. The summed E-state index contributed by atoms with van der Waals surface area (Å²) in [4.78, 5) is 4.57.